The van der Waals surface area contributed by atoms with Crippen LogP contribution >= 0.6 is 0 Å². The third kappa shape index (κ3) is 3.32. The Morgan fingerprint density at radius 3 is 2.70 bits per heavy atom. The molecule has 4 rings (SSSR count). The first-order chi connectivity index (χ1) is 12.9. The molecule has 2 saturated carbocycles. The van der Waals surface area contributed by atoms with Gasteiger partial charge in [-0.1, -0.05) is 30.8 Å². The highest BCUT2D eigenvalue weighted by atomic mass is 16.8. The Morgan fingerprint density at radius 1 is 1.22 bits per heavy atom. The van der Waals surface area contributed by atoms with Crippen molar-refractivity contribution < 1.29 is 19.7 Å². The standard InChI is InChI=1S/C23H30O4/c1-21(2)26-20-19(18-11-4-3-6-15-23(18,20)27-21)17(16-24)10-5-7-12-22(25)13-8-9-14-22/h7,11-12,20,24-25H,3-4,6,8-9,13-16H2,1-2H3/b12-7+,19-17-/t20-,23+/m0/s1. The van der Waals surface area contributed by atoms with Gasteiger partial charge in [-0.15, -0.1) is 0 Å². The summed E-state index contributed by atoms with van der Waals surface area (Å²) < 4.78 is 12.6. The second-order valence-electron chi connectivity index (χ2n) is 8.72. The van der Waals surface area contributed by atoms with Crippen molar-refractivity contribution in [3.8, 4) is 11.8 Å². The maximum atomic E-state index is 10.4. The number of allylic oxidation sites excluding steroid dienone is 2. The first-order valence-electron chi connectivity index (χ1n) is 10.2. The Kier molecular flexibility index (Phi) is 4.84. The quantitative estimate of drug-likeness (QED) is 0.730. The van der Waals surface area contributed by atoms with Crippen LogP contribution in [0.5, 0.6) is 0 Å². The minimum Gasteiger partial charge on any atom is -0.391 e. The highest BCUT2D eigenvalue weighted by molar-refractivity contribution is 5.62. The highest BCUT2D eigenvalue weighted by Crippen LogP contribution is 2.59. The predicted octanol–water partition coefficient (Wildman–Crippen LogP) is 3.54. The van der Waals surface area contributed by atoms with Crippen LogP contribution in [-0.4, -0.2) is 39.9 Å². The Labute approximate surface area is 161 Å². The molecule has 3 aliphatic carbocycles. The smallest absolute Gasteiger partial charge is 0.165 e. The van der Waals surface area contributed by atoms with Crippen molar-refractivity contribution in [2.24, 2.45) is 0 Å². The van der Waals surface area contributed by atoms with Gasteiger partial charge in [0.05, 0.1) is 12.2 Å². The third-order valence-electron chi connectivity index (χ3n) is 6.26. The molecule has 4 nitrogen and oxygen atoms in total. The summed E-state index contributed by atoms with van der Waals surface area (Å²) in [5.41, 5.74) is 1.79. The van der Waals surface area contributed by atoms with Gasteiger partial charge in [0.15, 0.2) is 5.79 Å². The van der Waals surface area contributed by atoms with Crippen LogP contribution in [0.4, 0.5) is 0 Å². The van der Waals surface area contributed by atoms with Crippen LogP contribution in [0.3, 0.4) is 0 Å². The molecule has 3 fully saturated rings. The molecule has 1 aliphatic heterocycles. The van der Waals surface area contributed by atoms with Crippen LogP contribution in [0, 0.1) is 11.8 Å². The van der Waals surface area contributed by atoms with Crippen molar-refractivity contribution in [1.29, 1.82) is 0 Å². The molecule has 4 aliphatic rings. The second kappa shape index (κ2) is 6.90. The minimum atomic E-state index is -0.705. The molecule has 0 unspecified atom stereocenters. The lowest BCUT2D eigenvalue weighted by Gasteiger charge is -2.47. The van der Waals surface area contributed by atoms with E-state index >= 15 is 0 Å². The van der Waals surface area contributed by atoms with E-state index in [2.05, 4.69) is 17.9 Å². The molecule has 4 heteroatoms. The van der Waals surface area contributed by atoms with Gasteiger partial charge in [0.1, 0.15) is 11.7 Å². The summed E-state index contributed by atoms with van der Waals surface area (Å²) in [5, 5.41) is 20.4. The van der Waals surface area contributed by atoms with Crippen LogP contribution in [0.15, 0.2) is 34.9 Å². The molecule has 0 bridgehead atoms. The SMILES string of the molecule is CC1(C)O[C@H]2/C(=C(/C#C/C=C/C3(O)CCCC3)CO)C3=CCCCC[C@@]32O1. The van der Waals surface area contributed by atoms with Gasteiger partial charge in [-0.2, -0.15) is 0 Å². The molecule has 1 spiro atoms. The lowest BCUT2D eigenvalue weighted by atomic mass is 9.64. The average Bonchev–Trinajstić information content (AvgIpc) is 3.07. The molecule has 146 valence electrons. The first kappa shape index (κ1) is 19.0. The van der Waals surface area contributed by atoms with Crippen LogP contribution in [-0.2, 0) is 9.47 Å². The van der Waals surface area contributed by atoms with Gasteiger partial charge >= 0.3 is 0 Å². The molecule has 0 amide bonds. The number of hydrogen-bond acceptors (Lipinski definition) is 4. The fraction of sp³-hybridized carbons (Fsp3) is 0.652. The van der Waals surface area contributed by atoms with Gasteiger partial charge in [-0.05, 0) is 70.1 Å². The molecule has 0 radical (unpaired) electrons. The molecule has 27 heavy (non-hydrogen) atoms. The predicted molar refractivity (Wildman–Crippen MR) is 104 cm³/mol. The van der Waals surface area contributed by atoms with Gasteiger partial charge < -0.3 is 19.7 Å². The zero-order valence-electron chi connectivity index (χ0n) is 16.4. The molecule has 0 aromatic heterocycles. The summed E-state index contributed by atoms with van der Waals surface area (Å²) in [7, 11) is 0. The fourth-order valence-corrected chi connectivity index (χ4v) is 5.05. The van der Waals surface area contributed by atoms with Crippen molar-refractivity contribution in [3.05, 3.63) is 34.9 Å². The highest BCUT2D eigenvalue weighted by Gasteiger charge is 2.65. The Balaban J connectivity index is 1.63. The Morgan fingerprint density at radius 2 is 1.96 bits per heavy atom. The minimum absolute atomic E-state index is 0.117. The lowest BCUT2D eigenvalue weighted by molar-refractivity contribution is -0.152. The summed E-state index contributed by atoms with van der Waals surface area (Å²) in [6.45, 7) is 3.79. The summed E-state index contributed by atoms with van der Waals surface area (Å²) in [5.74, 6) is 5.49. The number of hydrogen-bond donors (Lipinski definition) is 2. The van der Waals surface area contributed by atoms with E-state index in [9.17, 15) is 10.2 Å². The molecular formula is C23H30O4. The van der Waals surface area contributed by atoms with Crippen LogP contribution < -0.4 is 0 Å². The van der Waals surface area contributed by atoms with Gasteiger partial charge in [0.2, 0.25) is 0 Å². The van der Waals surface area contributed by atoms with Crippen molar-refractivity contribution in [3.63, 3.8) is 0 Å². The Hall–Kier alpha value is -1.38. The monoisotopic (exact) mass is 370 g/mol. The van der Waals surface area contributed by atoms with E-state index in [1.165, 1.54) is 0 Å². The van der Waals surface area contributed by atoms with Crippen LogP contribution in [0.25, 0.3) is 0 Å². The van der Waals surface area contributed by atoms with Crippen molar-refractivity contribution in [2.75, 3.05) is 6.61 Å². The molecule has 0 aromatic rings. The van der Waals surface area contributed by atoms with Crippen LogP contribution in [0.1, 0.15) is 65.2 Å². The molecule has 2 atom stereocenters. The second-order valence-corrected chi connectivity index (χ2v) is 8.72. The maximum Gasteiger partial charge on any atom is 0.165 e. The van der Waals surface area contributed by atoms with E-state index < -0.39 is 11.4 Å². The van der Waals surface area contributed by atoms with Crippen molar-refractivity contribution in [1.82, 2.24) is 0 Å². The molecule has 1 saturated heterocycles. The van der Waals surface area contributed by atoms with Gasteiger partial charge in [0, 0.05) is 11.1 Å². The van der Waals surface area contributed by atoms with Gasteiger partial charge in [0.25, 0.3) is 0 Å². The van der Waals surface area contributed by atoms with Gasteiger partial charge in [-0.25, -0.2) is 0 Å². The van der Waals surface area contributed by atoms with E-state index in [4.69, 9.17) is 9.47 Å². The van der Waals surface area contributed by atoms with Crippen molar-refractivity contribution in [2.45, 2.75) is 88.3 Å². The number of aliphatic hydroxyl groups is 2. The largest absolute Gasteiger partial charge is 0.391 e. The van der Waals surface area contributed by atoms with E-state index in [-0.39, 0.29) is 18.3 Å². The zero-order chi connectivity index (χ0) is 19.1. The summed E-state index contributed by atoms with van der Waals surface area (Å²) >= 11 is 0. The number of aliphatic hydroxyl groups excluding tert-OH is 1. The first-order valence-corrected chi connectivity index (χ1v) is 10.2. The van der Waals surface area contributed by atoms with E-state index in [1.807, 2.05) is 13.8 Å². The van der Waals surface area contributed by atoms with E-state index in [0.29, 0.717) is 5.57 Å². The summed E-state index contributed by atoms with van der Waals surface area (Å²) in [4.78, 5) is 0. The Bertz CT molecular complexity index is 755. The summed E-state index contributed by atoms with van der Waals surface area (Å²) in [6, 6.07) is 0. The number of ether oxygens (including phenoxy) is 2. The van der Waals surface area contributed by atoms with Gasteiger partial charge in [-0.3, -0.25) is 0 Å². The molecule has 0 aromatic carbocycles. The molecule has 2 N–H and O–H groups in total. The topological polar surface area (TPSA) is 58.9 Å². The maximum absolute atomic E-state index is 10.4. The van der Waals surface area contributed by atoms with E-state index in [0.717, 1.165) is 62.5 Å². The lowest BCUT2D eigenvalue weighted by Crippen LogP contribution is -2.54. The van der Waals surface area contributed by atoms with E-state index in [1.54, 1.807) is 12.2 Å². The van der Waals surface area contributed by atoms with Crippen LogP contribution in [0.2, 0.25) is 0 Å². The molecule has 1 heterocycles. The normalized spacial score (nSPS) is 35.4. The third-order valence-corrected chi connectivity index (χ3v) is 6.26. The zero-order valence-corrected chi connectivity index (χ0v) is 16.4. The fourth-order valence-electron chi connectivity index (χ4n) is 5.05. The molecular weight excluding hydrogens is 340 g/mol. The summed E-state index contributed by atoms with van der Waals surface area (Å²) in [6.07, 6.45) is 13.6. The average molecular weight is 370 g/mol. The number of rotatable bonds is 2. The van der Waals surface area contributed by atoms with Crippen molar-refractivity contribution >= 4 is 0 Å².